The number of allylic oxidation sites excluding steroid dienone is 7. The van der Waals surface area contributed by atoms with E-state index in [4.69, 9.17) is 0 Å². The minimum Gasteiger partial charge on any atom is -0.394 e. The van der Waals surface area contributed by atoms with Crippen LogP contribution < -0.4 is 5.32 Å². The predicted molar refractivity (Wildman–Crippen MR) is 281 cm³/mol. The van der Waals surface area contributed by atoms with Gasteiger partial charge < -0.3 is 15.5 Å². The van der Waals surface area contributed by atoms with Gasteiger partial charge in [0.2, 0.25) is 5.91 Å². The highest BCUT2D eigenvalue weighted by Gasteiger charge is 2.18. The zero-order valence-corrected chi connectivity index (χ0v) is 42.6. The third kappa shape index (κ3) is 51.2. The average molecular weight is 883 g/mol. The molecule has 370 valence electrons. The van der Waals surface area contributed by atoms with Crippen LogP contribution in [0.4, 0.5) is 0 Å². The van der Waals surface area contributed by atoms with E-state index in [1.54, 1.807) is 6.08 Å². The second-order valence-electron chi connectivity index (χ2n) is 19.3. The van der Waals surface area contributed by atoms with E-state index in [1.165, 1.54) is 244 Å². The molecule has 0 heterocycles. The molecule has 3 N–H and O–H groups in total. The van der Waals surface area contributed by atoms with E-state index in [-0.39, 0.29) is 12.5 Å². The number of hydrogen-bond donors (Lipinski definition) is 3. The first kappa shape index (κ1) is 61.4. The fourth-order valence-electron chi connectivity index (χ4n) is 8.70. The first-order valence-corrected chi connectivity index (χ1v) is 28.4. The van der Waals surface area contributed by atoms with Gasteiger partial charge in [0.15, 0.2) is 0 Å². The molecular formula is C59H111NO3. The molecule has 1 amide bonds. The molecule has 0 rings (SSSR count). The van der Waals surface area contributed by atoms with Crippen molar-refractivity contribution < 1.29 is 15.0 Å². The summed E-state index contributed by atoms with van der Waals surface area (Å²) >= 11 is 0. The summed E-state index contributed by atoms with van der Waals surface area (Å²) in [6, 6.07) is -0.640. The Hall–Kier alpha value is -1.65. The normalized spacial score (nSPS) is 13.1. The van der Waals surface area contributed by atoms with Crippen molar-refractivity contribution in [1.82, 2.24) is 5.32 Å². The fraction of sp³-hybridized carbons (Fsp3) is 0.847. The molecule has 0 bridgehead atoms. The van der Waals surface area contributed by atoms with Crippen LogP contribution in [0.25, 0.3) is 0 Å². The molecule has 0 aromatic heterocycles. The van der Waals surface area contributed by atoms with Gasteiger partial charge in [0.1, 0.15) is 0 Å². The van der Waals surface area contributed by atoms with Crippen molar-refractivity contribution in [2.24, 2.45) is 0 Å². The van der Waals surface area contributed by atoms with E-state index in [9.17, 15) is 15.0 Å². The first-order chi connectivity index (χ1) is 31.2. The van der Waals surface area contributed by atoms with Gasteiger partial charge in [-0.25, -0.2) is 0 Å². The van der Waals surface area contributed by atoms with Crippen molar-refractivity contribution in [1.29, 1.82) is 0 Å². The zero-order chi connectivity index (χ0) is 45.6. The minimum atomic E-state index is -0.863. The lowest BCUT2D eigenvalue weighted by Gasteiger charge is -2.19. The van der Waals surface area contributed by atoms with E-state index in [2.05, 4.69) is 55.6 Å². The van der Waals surface area contributed by atoms with Crippen molar-refractivity contribution in [2.45, 2.75) is 315 Å². The summed E-state index contributed by atoms with van der Waals surface area (Å²) in [7, 11) is 0. The van der Waals surface area contributed by atoms with Crippen LogP contribution in [0.5, 0.6) is 0 Å². The maximum Gasteiger partial charge on any atom is 0.220 e. The quantitative estimate of drug-likeness (QED) is 0.0421. The monoisotopic (exact) mass is 882 g/mol. The highest BCUT2D eigenvalue weighted by atomic mass is 16.3. The molecule has 2 atom stereocenters. The number of aliphatic hydroxyl groups excluding tert-OH is 2. The maximum atomic E-state index is 12.5. The number of amides is 1. The molecule has 0 aromatic carbocycles. The lowest BCUT2D eigenvalue weighted by atomic mass is 10.0. The van der Waals surface area contributed by atoms with Gasteiger partial charge in [-0.05, 0) is 64.2 Å². The van der Waals surface area contributed by atoms with Crippen molar-refractivity contribution in [3.63, 3.8) is 0 Å². The summed E-state index contributed by atoms with van der Waals surface area (Å²) in [5.41, 5.74) is 0. The number of carbonyl (C=O) groups is 1. The molecule has 0 fully saturated rings. The van der Waals surface area contributed by atoms with Gasteiger partial charge in [0.05, 0.1) is 18.8 Å². The molecular weight excluding hydrogens is 771 g/mol. The summed E-state index contributed by atoms with van der Waals surface area (Å²) in [6.45, 7) is 4.32. The average Bonchev–Trinajstić information content (AvgIpc) is 3.29. The van der Waals surface area contributed by atoms with Gasteiger partial charge in [-0.15, -0.1) is 0 Å². The molecule has 0 aliphatic heterocycles. The first-order valence-electron chi connectivity index (χ1n) is 28.4. The number of aliphatic hydroxyl groups is 2. The Kier molecular flexibility index (Phi) is 53.3. The van der Waals surface area contributed by atoms with Crippen LogP contribution in [0, 0.1) is 0 Å². The van der Waals surface area contributed by atoms with Crippen molar-refractivity contribution in [3.05, 3.63) is 48.6 Å². The Labute approximate surface area is 394 Å². The minimum absolute atomic E-state index is 0.0707. The van der Waals surface area contributed by atoms with Crippen LogP contribution >= 0.6 is 0 Å². The van der Waals surface area contributed by atoms with Crippen LogP contribution in [0.3, 0.4) is 0 Å². The van der Waals surface area contributed by atoms with E-state index >= 15 is 0 Å². The summed E-state index contributed by atoms with van der Waals surface area (Å²) in [4.78, 5) is 12.5. The molecule has 0 saturated carbocycles. The lowest BCUT2D eigenvalue weighted by molar-refractivity contribution is -0.123. The SMILES string of the molecule is CCCCCCC/C=C\C/C=C\CCCCCCCCCCCCCCCCCC(=O)NC(CO)C(O)/C=C/CC/C=C/CCCCCCCCCCCCCCCCCCCC. The van der Waals surface area contributed by atoms with Crippen LogP contribution in [0.1, 0.15) is 303 Å². The third-order valence-electron chi connectivity index (χ3n) is 13.0. The number of nitrogens with one attached hydrogen (secondary N) is 1. The summed E-state index contributed by atoms with van der Waals surface area (Å²) in [5.74, 6) is -0.0707. The Morgan fingerprint density at radius 1 is 0.381 bits per heavy atom. The van der Waals surface area contributed by atoms with Gasteiger partial charge in [0.25, 0.3) is 0 Å². The largest absolute Gasteiger partial charge is 0.394 e. The Morgan fingerprint density at radius 2 is 0.667 bits per heavy atom. The summed E-state index contributed by atoms with van der Waals surface area (Å²) < 4.78 is 0. The number of carbonyl (C=O) groups excluding carboxylic acids is 1. The molecule has 63 heavy (non-hydrogen) atoms. The van der Waals surface area contributed by atoms with Gasteiger partial charge in [-0.2, -0.15) is 0 Å². The van der Waals surface area contributed by atoms with Crippen LogP contribution in [-0.4, -0.2) is 34.9 Å². The van der Waals surface area contributed by atoms with Crippen LogP contribution in [-0.2, 0) is 4.79 Å². The van der Waals surface area contributed by atoms with Gasteiger partial charge in [-0.1, -0.05) is 281 Å². The van der Waals surface area contributed by atoms with E-state index < -0.39 is 12.1 Å². The predicted octanol–water partition coefficient (Wildman–Crippen LogP) is 18.6. The zero-order valence-electron chi connectivity index (χ0n) is 42.6. The van der Waals surface area contributed by atoms with E-state index in [1.807, 2.05) is 6.08 Å². The molecule has 0 saturated heterocycles. The van der Waals surface area contributed by atoms with Gasteiger partial charge in [-0.3, -0.25) is 4.79 Å². The smallest absolute Gasteiger partial charge is 0.220 e. The third-order valence-corrected chi connectivity index (χ3v) is 13.0. The molecule has 4 heteroatoms. The molecule has 2 unspecified atom stereocenters. The highest BCUT2D eigenvalue weighted by molar-refractivity contribution is 5.76. The van der Waals surface area contributed by atoms with Crippen LogP contribution in [0.2, 0.25) is 0 Å². The van der Waals surface area contributed by atoms with Crippen LogP contribution in [0.15, 0.2) is 48.6 Å². The van der Waals surface area contributed by atoms with E-state index in [0.29, 0.717) is 6.42 Å². The summed E-state index contributed by atoms with van der Waals surface area (Å²) in [5, 5.41) is 23.2. The molecule has 0 aliphatic carbocycles. The van der Waals surface area contributed by atoms with Crippen molar-refractivity contribution in [3.8, 4) is 0 Å². The highest BCUT2D eigenvalue weighted by Crippen LogP contribution is 2.17. The number of hydrogen-bond acceptors (Lipinski definition) is 3. The molecule has 4 nitrogen and oxygen atoms in total. The second kappa shape index (κ2) is 54.7. The van der Waals surface area contributed by atoms with Gasteiger partial charge >= 0.3 is 0 Å². The molecule has 0 aromatic rings. The standard InChI is InChI=1S/C59H111NO3/c1-3-5-7-9-11-13-15-17-19-21-23-25-27-29-30-31-33-35-37-39-41-43-45-47-49-51-53-55-59(63)60-57(56-61)58(62)54-52-50-48-46-44-42-40-38-36-34-32-28-26-24-22-20-18-16-14-12-10-8-6-4-2/h15,17,21,23,44,46,52,54,57-58,61-62H,3-14,16,18-20,22,24-43,45,47-51,53,55-56H2,1-2H3,(H,60,63)/b17-15-,23-21-,46-44+,54-52+. The van der Waals surface area contributed by atoms with Gasteiger partial charge in [0, 0.05) is 6.42 Å². The fourth-order valence-corrected chi connectivity index (χ4v) is 8.70. The molecule has 0 aliphatic rings. The Bertz CT molecular complexity index is 1000. The molecule has 0 spiro atoms. The Morgan fingerprint density at radius 3 is 1.02 bits per heavy atom. The number of unbranched alkanes of at least 4 members (excludes halogenated alkanes) is 39. The maximum absolute atomic E-state index is 12.5. The second-order valence-corrected chi connectivity index (χ2v) is 19.3. The van der Waals surface area contributed by atoms with Crippen molar-refractivity contribution in [2.75, 3.05) is 6.61 Å². The topological polar surface area (TPSA) is 69.6 Å². The van der Waals surface area contributed by atoms with Crippen molar-refractivity contribution >= 4 is 5.91 Å². The summed E-state index contributed by atoms with van der Waals surface area (Å²) in [6.07, 6.45) is 75.6. The Balaban J connectivity index is 3.52. The number of rotatable bonds is 52. The molecule has 0 radical (unpaired) electrons. The lowest BCUT2D eigenvalue weighted by Crippen LogP contribution is -2.45. The van der Waals surface area contributed by atoms with E-state index in [0.717, 1.165) is 38.5 Å².